The van der Waals surface area contributed by atoms with Gasteiger partial charge >= 0.3 is 0 Å². The fourth-order valence-corrected chi connectivity index (χ4v) is 2.86. The molecular weight excluding hydrogens is 292 g/mol. The van der Waals surface area contributed by atoms with Gasteiger partial charge in [0.25, 0.3) is 0 Å². The molecule has 0 fully saturated rings. The summed E-state index contributed by atoms with van der Waals surface area (Å²) in [4.78, 5) is 10.9. The van der Waals surface area contributed by atoms with Crippen molar-refractivity contribution in [1.82, 2.24) is 15.2 Å². The molecule has 0 radical (unpaired) electrons. The second-order valence-electron chi connectivity index (χ2n) is 5.42. The van der Waals surface area contributed by atoms with Gasteiger partial charge in [-0.15, -0.1) is 11.3 Å². The van der Waals surface area contributed by atoms with E-state index in [9.17, 15) is 0 Å². The number of nitrogens with one attached hydrogen (secondary N) is 1. The molecule has 0 spiro atoms. The molecule has 2 aromatic rings. The number of thiazole rings is 1. The second-order valence-corrected chi connectivity index (χ2v) is 6.49. The number of hydrogen-bond acceptors (Lipinski definition) is 3. The maximum absolute atomic E-state index is 4.50. The van der Waals surface area contributed by atoms with Crippen LogP contribution in [0.25, 0.3) is 0 Å². The van der Waals surface area contributed by atoms with Crippen LogP contribution in [-0.2, 0) is 13.0 Å². The lowest BCUT2D eigenvalue weighted by atomic mass is 10.1. The summed E-state index contributed by atoms with van der Waals surface area (Å²) in [5.74, 6) is 0.901. The lowest BCUT2D eigenvalue weighted by Crippen LogP contribution is -2.39. The van der Waals surface area contributed by atoms with Gasteiger partial charge < -0.3 is 10.2 Å². The Balaban J connectivity index is 1.82. The Bertz CT molecular complexity index is 616. The third kappa shape index (κ3) is 4.84. The van der Waals surface area contributed by atoms with Crippen molar-refractivity contribution < 1.29 is 0 Å². The first-order valence-electron chi connectivity index (χ1n) is 7.47. The predicted octanol–water partition coefficient (Wildman–Crippen LogP) is 3.01. The Morgan fingerprint density at radius 1 is 1.27 bits per heavy atom. The Morgan fingerprint density at radius 2 is 2.00 bits per heavy atom. The van der Waals surface area contributed by atoms with Crippen molar-refractivity contribution in [3.8, 4) is 0 Å². The fraction of sp³-hybridized carbons (Fsp3) is 0.412. The van der Waals surface area contributed by atoms with Crippen molar-refractivity contribution in [1.29, 1.82) is 0 Å². The third-order valence-electron chi connectivity index (χ3n) is 3.46. The summed E-state index contributed by atoms with van der Waals surface area (Å²) in [7, 11) is 3.85. The van der Waals surface area contributed by atoms with Crippen LogP contribution in [0.4, 0.5) is 0 Å². The smallest absolute Gasteiger partial charge is 0.193 e. The molecule has 4 nitrogen and oxygen atoms in total. The molecular formula is C17H24N4S. The van der Waals surface area contributed by atoms with E-state index >= 15 is 0 Å². The summed E-state index contributed by atoms with van der Waals surface area (Å²) in [6.45, 7) is 5.78. The molecule has 1 heterocycles. The van der Waals surface area contributed by atoms with E-state index in [0.29, 0.717) is 0 Å². The van der Waals surface area contributed by atoms with Crippen molar-refractivity contribution in [2.24, 2.45) is 4.99 Å². The maximum Gasteiger partial charge on any atom is 0.193 e. The molecule has 2 rings (SSSR count). The van der Waals surface area contributed by atoms with Crippen molar-refractivity contribution in [3.05, 3.63) is 51.5 Å². The largest absolute Gasteiger partial charge is 0.356 e. The van der Waals surface area contributed by atoms with Crippen LogP contribution in [0, 0.1) is 13.8 Å². The van der Waals surface area contributed by atoms with Crippen molar-refractivity contribution in [3.63, 3.8) is 0 Å². The molecule has 0 bridgehead atoms. The van der Waals surface area contributed by atoms with Crippen LogP contribution in [0.3, 0.4) is 0 Å². The predicted molar refractivity (Wildman–Crippen MR) is 94.6 cm³/mol. The van der Waals surface area contributed by atoms with Gasteiger partial charge in [0.15, 0.2) is 5.96 Å². The molecule has 0 atom stereocenters. The summed E-state index contributed by atoms with van der Waals surface area (Å²) in [6.07, 6.45) is 0.989. The third-order valence-corrected chi connectivity index (χ3v) is 4.28. The number of aliphatic imine (C=N–C) groups is 1. The number of aryl methyl sites for hydroxylation is 2. The van der Waals surface area contributed by atoms with Crippen LogP contribution >= 0.6 is 11.3 Å². The summed E-state index contributed by atoms with van der Waals surface area (Å²) < 4.78 is 0. The summed E-state index contributed by atoms with van der Waals surface area (Å²) >= 11 is 1.68. The number of nitrogens with zero attached hydrogens (tertiary/aromatic N) is 3. The van der Waals surface area contributed by atoms with E-state index in [-0.39, 0.29) is 0 Å². The van der Waals surface area contributed by atoms with Gasteiger partial charge in [0.2, 0.25) is 0 Å². The Labute approximate surface area is 136 Å². The highest BCUT2D eigenvalue weighted by Crippen LogP contribution is 2.09. The van der Waals surface area contributed by atoms with Gasteiger partial charge in [0, 0.05) is 26.0 Å². The number of guanidine groups is 1. The van der Waals surface area contributed by atoms with E-state index in [4.69, 9.17) is 0 Å². The van der Waals surface area contributed by atoms with Gasteiger partial charge in [-0.25, -0.2) is 4.98 Å². The quantitative estimate of drug-likeness (QED) is 0.681. The zero-order valence-electron chi connectivity index (χ0n) is 13.8. The number of benzene rings is 1. The minimum Gasteiger partial charge on any atom is -0.356 e. The highest BCUT2D eigenvalue weighted by molar-refractivity contribution is 7.09. The number of aromatic nitrogens is 1. The lowest BCUT2D eigenvalue weighted by molar-refractivity contribution is 0.471. The molecule has 5 heteroatoms. The molecule has 0 aliphatic carbocycles. The van der Waals surface area contributed by atoms with Crippen LogP contribution in [0.1, 0.15) is 21.8 Å². The maximum atomic E-state index is 4.50. The molecule has 0 saturated carbocycles. The molecule has 0 saturated heterocycles. The van der Waals surface area contributed by atoms with Gasteiger partial charge in [-0.1, -0.05) is 29.8 Å². The average Bonchev–Trinajstić information content (AvgIpc) is 2.90. The minimum atomic E-state index is 0.772. The van der Waals surface area contributed by atoms with Crippen molar-refractivity contribution >= 4 is 17.3 Å². The lowest BCUT2D eigenvalue weighted by Gasteiger charge is -2.21. The molecule has 22 heavy (non-hydrogen) atoms. The van der Waals surface area contributed by atoms with Gasteiger partial charge in [0.1, 0.15) is 0 Å². The Morgan fingerprint density at radius 3 is 2.59 bits per heavy atom. The van der Waals surface area contributed by atoms with Crippen LogP contribution in [0.5, 0.6) is 0 Å². The molecule has 1 N–H and O–H groups in total. The van der Waals surface area contributed by atoms with E-state index in [0.717, 1.165) is 36.2 Å². The summed E-state index contributed by atoms with van der Waals surface area (Å²) in [6, 6.07) is 8.67. The molecule has 1 aromatic heterocycles. The highest BCUT2D eigenvalue weighted by atomic mass is 32.1. The summed E-state index contributed by atoms with van der Waals surface area (Å²) in [5.41, 5.74) is 3.73. The monoisotopic (exact) mass is 316 g/mol. The minimum absolute atomic E-state index is 0.772. The second kappa shape index (κ2) is 7.94. The topological polar surface area (TPSA) is 40.5 Å². The zero-order chi connectivity index (χ0) is 15.9. The molecule has 1 aromatic carbocycles. The van der Waals surface area contributed by atoms with Crippen molar-refractivity contribution in [2.45, 2.75) is 26.8 Å². The van der Waals surface area contributed by atoms with Crippen molar-refractivity contribution in [2.75, 3.05) is 20.6 Å². The summed E-state index contributed by atoms with van der Waals surface area (Å²) in [5, 5.41) is 6.62. The van der Waals surface area contributed by atoms with Gasteiger partial charge in [-0.3, -0.25) is 4.99 Å². The highest BCUT2D eigenvalue weighted by Gasteiger charge is 2.08. The Hall–Kier alpha value is -1.88. The normalized spacial score (nSPS) is 11.5. The molecule has 118 valence electrons. The van der Waals surface area contributed by atoms with Crippen LogP contribution in [0.15, 0.2) is 34.6 Å². The fourth-order valence-electron chi connectivity index (χ4n) is 2.26. The first-order valence-corrected chi connectivity index (χ1v) is 8.35. The van der Waals surface area contributed by atoms with Crippen LogP contribution < -0.4 is 5.32 Å². The standard InChI is InChI=1S/C17H24N4S/c1-13-5-7-15(8-6-13)9-10-19-17(18-3)21(4)11-16-12-22-14(2)20-16/h5-8,12H,9-11H2,1-4H3,(H,18,19). The Kier molecular flexibility index (Phi) is 5.95. The number of rotatable bonds is 5. The van der Waals surface area contributed by atoms with E-state index < -0.39 is 0 Å². The first-order chi connectivity index (χ1) is 10.6. The van der Waals surface area contributed by atoms with Crippen LogP contribution in [-0.4, -0.2) is 36.5 Å². The van der Waals surface area contributed by atoms with E-state index in [2.05, 4.69) is 56.8 Å². The molecule has 0 aliphatic rings. The number of hydrogen-bond donors (Lipinski definition) is 1. The van der Waals surface area contributed by atoms with Gasteiger partial charge in [-0.2, -0.15) is 0 Å². The molecule has 0 amide bonds. The average molecular weight is 316 g/mol. The van der Waals surface area contributed by atoms with E-state index in [1.807, 2.05) is 21.0 Å². The zero-order valence-corrected chi connectivity index (χ0v) is 14.6. The van der Waals surface area contributed by atoms with Gasteiger partial charge in [-0.05, 0) is 25.8 Å². The molecule has 0 unspecified atom stereocenters. The van der Waals surface area contributed by atoms with E-state index in [1.54, 1.807) is 11.3 Å². The van der Waals surface area contributed by atoms with Gasteiger partial charge in [0.05, 0.1) is 17.2 Å². The van der Waals surface area contributed by atoms with Crippen LogP contribution in [0.2, 0.25) is 0 Å². The molecule has 0 aliphatic heterocycles. The van der Waals surface area contributed by atoms with E-state index in [1.165, 1.54) is 11.1 Å². The SMILES string of the molecule is CN=C(NCCc1ccc(C)cc1)N(C)Cc1csc(C)n1. The first kappa shape index (κ1) is 16.5.